The van der Waals surface area contributed by atoms with Gasteiger partial charge in [0.15, 0.2) is 0 Å². The second-order valence-corrected chi connectivity index (χ2v) is 11.9. The molecule has 2 aromatic carbocycles. The van der Waals surface area contributed by atoms with Crippen molar-refractivity contribution in [1.29, 1.82) is 0 Å². The molecule has 1 N–H and O–H groups in total. The summed E-state index contributed by atoms with van der Waals surface area (Å²) in [5.74, 6) is -0.0847. The largest absolute Gasteiger partial charge is 0.325 e. The molecular formula is C25H29N3O3S2. The number of carbonyl (C=O) groups excluding carboxylic acids is 1. The maximum atomic E-state index is 12.9. The molecule has 3 aromatic rings. The highest BCUT2D eigenvalue weighted by Gasteiger charge is 2.27. The Hall–Kier alpha value is -2.42. The monoisotopic (exact) mass is 483 g/mol. The third-order valence-corrected chi connectivity index (χ3v) is 8.89. The van der Waals surface area contributed by atoms with Crippen LogP contribution in [0.4, 0.5) is 5.69 Å². The fourth-order valence-corrected chi connectivity index (χ4v) is 6.53. The highest BCUT2D eigenvalue weighted by Crippen LogP contribution is 2.30. The molecule has 0 spiro atoms. The second kappa shape index (κ2) is 9.44. The second-order valence-electron chi connectivity index (χ2n) is 8.64. The third-order valence-electron chi connectivity index (χ3n) is 5.97. The molecule has 1 atom stereocenters. The number of anilines is 1. The van der Waals surface area contributed by atoms with Crippen LogP contribution in [0.1, 0.15) is 36.5 Å². The summed E-state index contributed by atoms with van der Waals surface area (Å²) in [6, 6.07) is 13.0. The number of amides is 1. The smallest absolute Gasteiger partial charge is 0.243 e. The average molecular weight is 484 g/mol. The van der Waals surface area contributed by atoms with E-state index in [0.29, 0.717) is 18.0 Å². The lowest BCUT2D eigenvalue weighted by Crippen LogP contribution is -2.27. The molecule has 0 aliphatic carbocycles. The number of thioether (sulfide) groups is 1. The molecule has 1 aliphatic heterocycles. The van der Waals surface area contributed by atoms with Crippen LogP contribution in [0.3, 0.4) is 0 Å². The highest BCUT2D eigenvalue weighted by atomic mass is 32.2. The van der Waals surface area contributed by atoms with Crippen molar-refractivity contribution in [3.8, 4) is 0 Å². The van der Waals surface area contributed by atoms with Crippen LogP contribution in [0.25, 0.3) is 10.9 Å². The number of benzene rings is 2. The van der Waals surface area contributed by atoms with Gasteiger partial charge in [0.05, 0.1) is 20.7 Å². The molecule has 33 heavy (non-hydrogen) atoms. The number of sulfonamides is 1. The van der Waals surface area contributed by atoms with Crippen LogP contribution in [0.5, 0.6) is 0 Å². The predicted octanol–water partition coefficient (Wildman–Crippen LogP) is 5.06. The van der Waals surface area contributed by atoms with Crippen LogP contribution in [0.2, 0.25) is 0 Å². The van der Waals surface area contributed by atoms with Crippen LogP contribution in [0, 0.1) is 20.8 Å². The first-order valence-corrected chi connectivity index (χ1v) is 13.4. The summed E-state index contributed by atoms with van der Waals surface area (Å²) in [6.07, 6.45) is 1.81. The maximum Gasteiger partial charge on any atom is 0.243 e. The van der Waals surface area contributed by atoms with Crippen LogP contribution < -0.4 is 5.32 Å². The molecule has 174 valence electrons. The van der Waals surface area contributed by atoms with E-state index in [-0.39, 0.29) is 11.2 Å². The van der Waals surface area contributed by atoms with E-state index in [1.165, 1.54) is 11.8 Å². The summed E-state index contributed by atoms with van der Waals surface area (Å²) in [5, 5.41) is 4.21. The van der Waals surface area contributed by atoms with Gasteiger partial charge in [-0.05, 0) is 82.0 Å². The lowest BCUT2D eigenvalue weighted by molar-refractivity contribution is -0.115. The molecular weight excluding hydrogens is 454 g/mol. The lowest BCUT2D eigenvalue weighted by atomic mass is 10.1. The van der Waals surface area contributed by atoms with Gasteiger partial charge in [-0.1, -0.05) is 29.5 Å². The zero-order valence-electron chi connectivity index (χ0n) is 19.4. The minimum absolute atomic E-state index is 0.0847. The normalized spacial score (nSPS) is 15.6. The van der Waals surface area contributed by atoms with Gasteiger partial charge in [0.2, 0.25) is 15.9 Å². The van der Waals surface area contributed by atoms with E-state index < -0.39 is 10.0 Å². The van der Waals surface area contributed by atoms with E-state index in [0.717, 1.165) is 51.1 Å². The third kappa shape index (κ3) is 5.08. The number of nitrogens with zero attached hydrogens (tertiary/aromatic N) is 2. The van der Waals surface area contributed by atoms with Crippen molar-refractivity contribution in [1.82, 2.24) is 9.29 Å². The standard InChI is InChI=1S/C25H29N3O3S2/c1-16-7-9-22(18(3)13-16)27-25(29)19(4)32-24-14-17(2)21-15-20(8-10-23(21)26-24)33(30,31)28-11-5-6-12-28/h7-10,13-15,19H,5-6,11-12H2,1-4H3,(H,27,29)/t19-/m1/s1. The van der Waals surface area contributed by atoms with Gasteiger partial charge >= 0.3 is 0 Å². The van der Waals surface area contributed by atoms with E-state index in [4.69, 9.17) is 0 Å². The van der Waals surface area contributed by atoms with Gasteiger partial charge in [-0.3, -0.25) is 4.79 Å². The Kier molecular flexibility index (Phi) is 6.79. The number of aryl methyl sites for hydroxylation is 3. The van der Waals surface area contributed by atoms with E-state index in [2.05, 4.69) is 10.3 Å². The average Bonchev–Trinajstić information content (AvgIpc) is 3.31. The van der Waals surface area contributed by atoms with E-state index in [9.17, 15) is 13.2 Å². The summed E-state index contributed by atoms with van der Waals surface area (Å²) >= 11 is 1.39. The number of pyridine rings is 1. The number of aromatic nitrogens is 1. The molecule has 1 aromatic heterocycles. The summed E-state index contributed by atoms with van der Waals surface area (Å²) in [6.45, 7) is 8.96. The Morgan fingerprint density at radius 3 is 2.45 bits per heavy atom. The Balaban J connectivity index is 1.53. The molecule has 0 saturated carbocycles. The van der Waals surface area contributed by atoms with Gasteiger partial charge in [0, 0.05) is 24.2 Å². The summed E-state index contributed by atoms with van der Waals surface area (Å²) in [4.78, 5) is 17.8. The van der Waals surface area contributed by atoms with Crippen LogP contribution in [-0.2, 0) is 14.8 Å². The minimum atomic E-state index is -3.48. The number of carbonyl (C=O) groups is 1. The topological polar surface area (TPSA) is 79.4 Å². The molecule has 0 unspecified atom stereocenters. The first-order valence-electron chi connectivity index (χ1n) is 11.1. The number of rotatable bonds is 6. The first-order chi connectivity index (χ1) is 15.6. The summed E-state index contributed by atoms with van der Waals surface area (Å²) in [5.41, 5.74) is 4.65. The predicted molar refractivity (Wildman–Crippen MR) is 134 cm³/mol. The SMILES string of the molecule is Cc1ccc(NC(=O)[C@@H](C)Sc2cc(C)c3cc(S(=O)(=O)N4CCCC4)ccc3n2)c(C)c1. The molecule has 1 aliphatic rings. The lowest BCUT2D eigenvalue weighted by Gasteiger charge is -2.17. The van der Waals surface area contributed by atoms with E-state index >= 15 is 0 Å². The molecule has 1 saturated heterocycles. The summed E-state index contributed by atoms with van der Waals surface area (Å²) < 4.78 is 27.4. The molecule has 4 rings (SSSR count). The molecule has 8 heteroatoms. The van der Waals surface area contributed by atoms with Gasteiger partial charge in [0.1, 0.15) is 0 Å². The Morgan fingerprint density at radius 2 is 1.76 bits per heavy atom. The fourth-order valence-electron chi connectivity index (χ4n) is 4.06. The Bertz CT molecular complexity index is 1320. The summed E-state index contributed by atoms with van der Waals surface area (Å²) in [7, 11) is -3.48. The maximum absolute atomic E-state index is 12.9. The van der Waals surface area contributed by atoms with Gasteiger partial charge in [-0.2, -0.15) is 4.31 Å². The van der Waals surface area contributed by atoms with Crippen molar-refractivity contribution < 1.29 is 13.2 Å². The minimum Gasteiger partial charge on any atom is -0.325 e. The van der Waals surface area contributed by atoms with Crippen molar-refractivity contribution in [2.45, 2.75) is 55.7 Å². The molecule has 0 bridgehead atoms. The van der Waals surface area contributed by atoms with Gasteiger partial charge < -0.3 is 5.32 Å². The molecule has 1 amide bonds. The van der Waals surface area contributed by atoms with E-state index in [1.807, 2.05) is 52.0 Å². The Morgan fingerprint density at radius 1 is 1.03 bits per heavy atom. The first kappa shape index (κ1) is 23.7. The number of nitrogens with one attached hydrogen (secondary N) is 1. The van der Waals surface area contributed by atoms with Crippen molar-refractivity contribution in [3.63, 3.8) is 0 Å². The van der Waals surface area contributed by atoms with Gasteiger partial charge in [-0.15, -0.1) is 0 Å². The van der Waals surface area contributed by atoms with Crippen molar-refractivity contribution in [2.75, 3.05) is 18.4 Å². The number of hydrogen-bond acceptors (Lipinski definition) is 5. The van der Waals surface area contributed by atoms with Crippen molar-refractivity contribution in [3.05, 3.63) is 59.2 Å². The van der Waals surface area contributed by atoms with Gasteiger partial charge in [-0.25, -0.2) is 13.4 Å². The van der Waals surface area contributed by atoms with E-state index in [1.54, 1.807) is 22.5 Å². The highest BCUT2D eigenvalue weighted by molar-refractivity contribution is 8.00. The Labute approximate surface area is 199 Å². The quantitative estimate of drug-likeness (QED) is 0.496. The van der Waals surface area contributed by atoms with Crippen molar-refractivity contribution >= 4 is 44.3 Å². The zero-order chi connectivity index (χ0) is 23.8. The molecule has 1 fully saturated rings. The fraction of sp³-hybridized carbons (Fsp3) is 0.360. The number of fused-ring (bicyclic) bond motifs is 1. The van der Waals surface area contributed by atoms with Gasteiger partial charge in [0.25, 0.3) is 0 Å². The molecule has 0 radical (unpaired) electrons. The molecule has 2 heterocycles. The van der Waals surface area contributed by atoms with Crippen LogP contribution in [-0.4, -0.2) is 42.0 Å². The zero-order valence-corrected chi connectivity index (χ0v) is 21.0. The molecule has 6 nitrogen and oxygen atoms in total. The van der Waals surface area contributed by atoms with Crippen LogP contribution >= 0.6 is 11.8 Å². The number of hydrogen-bond donors (Lipinski definition) is 1. The van der Waals surface area contributed by atoms with Crippen LogP contribution in [0.15, 0.2) is 52.4 Å². The van der Waals surface area contributed by atoms with Crippen molar-refractivity contribution in [2.24, 2.45) is 0 Å².